The highest BCUT2D eigenvalue weighted by Crippen LogP contribution is 2.41. The van der Waals surface area contributed by atoms with Crippen LogP contribution in [-0.2, 0) is 41.0 Å². The molecule has 13 heteroatoms. The van der Waals surface area contributed by atoms with Gasteiger partial charge in [-0.05, 0) is 35.4 Å². The van der Waals surface area contributed by atoms with Crippen molar-refractivity contribution in [1.29, 1.82) is 0 Å². The standard InChI is InChI=1S/C29H26Cl2N2O7S2/c1-39-21-14-12-20(13-15-21)18-40-29(36)26(23(31)17-30)33-27(35)25(32-24(34)16-19-8-4-2-5-9-19)28(33)41-42(37,38)22-10-6-3-7-11-22/h2-15,25,28H,16-18H2,1H3,(H,32,34)/b26-23-/t25-,28-/m1/s1. The molecule has 1 N–H and O–H groups in total. The number of ether oxygens (including phenoxy) is 2. The lowest BCUT2D eigenvalue weighted by Crippen LogP contribution is -2.69. The van der Waals surface area contributed by atoms with Gasteiger partial charge in [0.1, 0.15) is 29.5 Å². The number of nitrogens with one attached hydrogen (secondary N) is 1. The van der Waals surface area contributed by atoms with Crippen molar-refractivity contribution in [3.8, 4) is 5.75 Å². The minimum Gasteiger partial charge on any atom is -0.497 e. The number of methoxy groups -OCH3 is 1. The Morgan fingerprint density at radius 3 is 2.17 bits per heavy atom. The lowest BCUT2D eigenvalue weighted by atomic mass is 10.0. The summed E-state index contributed by atoms with van der Waals surface area (Å²) in [5, 5.41) is 1.14. The third-order valence-corrected chi connectivity index (χ3v) is 10.6. The summed E-state index contributed by atoms with van der Waals surface area (Å²) < 4.78 is 37.2. The molecule has 2 atom stereocenters. The molecular weight excluding hydrogens is 623 g/mol. The van der Waals surface area contributed by atoms with Crippen LogP contribution in [0.1, 0.15) is 11.1 Å². The minimum atomic E-state index is -4.05. The molecule has 0 spiro atoms. The second-order valence-electron chi connectivity index (χ2n) is 8.98. The monoisotopic (exact) mass is 648 g/mol. The molecule has 3 aromatic carbocycles. The van der Waals surface area contributed by atoms with E-state index in [4.69, 9.17) is 32.7 Å². The molecule has 3 aromatic rings. The zero-order chi connectivity index (χ0) is 30.3. The fourth-order valence-corrected chi connectivity index (χ4v) is 7.84. The van der Waals surface area contributed by atoms with Gasteiger partial charge in [-0.1, -0.05) is 72.3 Å². The number of hydrogen-bond donors (Lipinski definition) is 1. The Balaban J connectivity index is 1.60. The number of esters is 1. The molecule has 1 heterocycles. The number of carbonyl (C=O) groups excluding carboxylic acids is 3. The van der Waals surface area contributed by atoms with Crippen molar-refractivity contribution in [3.63, 3.8) is 0 Å². The number of hydrogen-bond acceptors (Lipinski definition) is 8. The highest BCUT2D eigenvalue weighted by Gasteiger charge is 2.54. The van der Waals surface area contributed by atoms with E-state index < -0.39 is 43.8 Å². The first-order chi connectivity index (χ1) is 20.1. The maximum atomic E-state index is 13.4. The van der Waals surface area contributed by atoms with Gasteiger partial charge in [0, 0.05) is 10.8 Å². The molecule has 0 radical (unpaired) electrons. The van der Waals surface area contributed by atoms with E-state index >= 15 is 0 Å². The number of alkyl halides is 1. The molecule has 42 heavy (non-hydrogen) atoms. The minimum absolute atomic E-state index is 0.0142. The lowest BCUT2D eigenvalue weighted by molar-refractivity contribution is -0.153. The normalized spacial score (nSPS) is 17.1. The van der Waals surface area contributed by atoms with E-state index in [1.165, 1.54) is 19.2 Å². The van der Waals surface area contributed by atoms with Gasteiger partial charge in [0.05, 0.1) is 29.3 Å². The molecule has 1 aliphatic heterocycles. The van der Waals surface area contributed by atoms with E-state index in [0.29, 0.717) is 27.7 Å². The van der Waals surface area contributed by atoms with Crippen molar-refractivity contribution in [3.05, 3.63) is 107 Å². The maximum absolute atomic E-state index is 13.4. The van der Waals surface area contributed by atoms with Crippen molar-refractivity contribution >= 4 is 60.6 Å². The van der Waals surface area contributed by atoms with Crippen LogP contribution in [0, 0.1) is 0 Å². The van der Waals surface area contributed by atoms with E-state index in [-0.39, 0.29) is 28.8 Å². The Morgan fingerprint density at radius 2 is 1.57 bits per heavy atom. The number of benzene rings is 3. The van der Waals surface area contributed by atoms with Gasteiger partial charge in [-0.25, -0.2) is 13.2 Å². The predicted molar refractivity (Wildman–Crippen MR) is 160 cm³/mol. The Morgan fingerprint density at radius 1 is 0.952 bits per heavy atom. The summed E-state index contributed by atoms with van der Waals surface area (Å²) in [6, 6.07) is 21.9. The Labute approximate surface area is 257 Å². The van der Waals surface area contributed by atoms with Gasteiger partial charge in [0.25, 0.3) is 5.91 Å². The first-order valence-corrected chi connectivity index (χ1v) is 16.3. The largest absolute Gasteiger partial charge is 0.497 e. The number of likely N-dealkylation sites (tertiary alicyclic amines) is 1. The number of β-lactam (4-membered cyclic amide) rings is 1. The molecular formula is C29H26Cl2N2O7S2. The van der Waals surface area contributed by atoms with Crippen molar-refractivity contribution in [2.24, 2.45) is 0 Å². The highest BCUT2D eigenvalue weighted by atomic mass is 35.5. The SMILES string of the molecule is COc1ccc(COC(=O)/C(=C(/Cl)CCl)N2C(=O)[C@@H](NC(=O)Cc3ccccc3)[C@H]2SS(=O)(=O)c2ccccc2)cc1. The number of nitrogens with zero attached hydrogens (tertiary/aromatic N) is 1. The third kappa shape index (κ3) is 7.46. The topological polar surface area (TPSA) is 119 Å². The molecule has 1 saturated heterocycles. The zero-order valence-corrected chi connectivity index (χ0v) is 25.4. The molecule has 4 rings (SSSR count). The van der Waals surface area contributed by atoms with Crippen LogP contribution in [0.3, 0.4) is 0 Å². The number of rotatable bonds is 12. The van der Waals surface area contributed by atoms with E-state index in [2.05, 4.69) is 5.32 Å². The summed E-state index contributed by atoms with van der Waals surface area (Å²) in [7, 11) is -2.12. The average Bonchev–Trinajstić information content (AvgIpc) is 3.01. The van der Waals surface area contributed by atoms with Crippen molar-refractivity contribution in [2.75, 3.05) is 13.0 Å². The van der Waals surface area contributed by atoms with Gasteiger partial charge in [-0.2, -0.15) is 0 Å². The van der Waals surface area contributed by atoms with Crippen LogP contribution in [0.2, 0.25) is 0 Å². The van der Waals surface area contributed by atoms with E-state index in [9.17, 15) is 22.8 Å². The van der Waals surface area contributed by atoms with Crippen LogP contribution in [0.4, 0.5) is 0 Å². The maximum Gasteiger partial charge on any atom is 0.356 e. The zero-order valence-electron chi connectivity index (χ0n) is 22.2. The summed E-state index contributed by atoms with van der Waals surface area (Å²) in [6.45, 7) is -0.168. The summed E-state index contributed by atoms with van der Waals surface area (Å²) in [6.07, 6.45) is -0.0392. The molecule has 1 aliphatic rings. The first-order valence-electron chi connectivity index (χ1n) is 12.5. The van der Waals surface area contributed by atoms with Crippen LogP contribution >= 0.6 is 34.0 Å². The summed E-state index contributed by atoms with van der Waals surface area (Å²) in [4.78, 5) is 40.5. The quantitative estimate of drug-likeness (QED) is 0.101. The number of amides is 2. The van der Waals surface area contributed by atoms with Crippen LogP contribution < -0.4 is 10.1 Å². The fourth-order valence-electron chi connectivity index (χ4n) is 4.05. The van der Waals surface area contributed by atoms with Gasteiger partial charge in [0.2, 0.25) is 14.8 Å². The third-order valence-electron chi connectivity index (χ3n) is 6.16. The molecule has 2 amide bonds. The molecule has 1 fully saturated rings. The van der Waals surface area contributed by atoms with Gasteiger partial charge >= 0.3 is 5.97 Å². The average molecular weight is 650 g/mol. The van der Waals surface area contributed by atoms with Crippen molar-refractivity contribution < 1.29 is 32.3 Å². The molecule has 0 bridgehead atoms. The number of halogens is 2. The lowest BCUT2D eigenvalue weighted by Gasteiger charge is -2.46. The van der Waals surface area contributed by atoms with Gasteiger partial charge in [-0.15, -0.1) is 11.6 Å². The summed E-state index contributed by atoms with van der Waals surface area (Å²) in [5.41, 5.74) is 0.927. The second kappa shape index (κ2) is 14.1. The van der Waals surface area contributed by atoms with E-state index in [1.807, 2.05) is 0 Å². The van der Waals surface area contributed by atoms with Gasteiger partial charge < -0.3 is 14.8 Å². The number of carbonyl (C=O) groups is 3. The second-order valence-corrected chi connectivity index (χ2v) is 13.7. The molecule has 0 unspecified atom stereocenters. The summed E-state index contributed by atoms with van der Waals surface area (Å²) >= 11 is 12.3. The van der Waals surface area contributed by atoms with Crippen LogP contribution in [0.15, 0.2) is 101 Å². The fraction of sp³-hybridized carbons (Fsp3) is 0.207. The van der Waals surface area contributed by atoms with Crippen molar-refractivity contribution in [2.45, 2.75) is 29.3 Å². The predicted octanol–water partition coefficient (Wildman–Crippen LogP) is 4.45. The first kappa shape index (κ1) is 31.4. The Kier molecular flexibility index (Phi) is 10.6. The van der Waals surface area contributed by atoms with Crippen LogP contribution in [0.5, 0.6) is 5.75 Å². The Bertz CT molecular complexity index is 1570. The number of allylic oxidation sites excluding steroid dienone is 1. The smallest absolute Gasteiger partial charge is 0.356 e. The molecule has 0 saturated carbocycles. The van der Waals surface area contributed by atoms with Gasteiger partial charge in [-0.3, -0.25) is 14.5 Å². The summed E-state index contributed by atoms with van der Waals surface area (Å²) in [5.74, 6) is -1.97. The molecule has 0 aromatic heterocycles. The van der Waals surface area contributed by atoms with Crippen molar-refractivity contribution in [1.82, 2.24) is 10.2 Å². The highest BCUT2D eigenvalue weighted by molar-refractivity contribution is 8.72. The van der Waals surface area contributed by atoms with E-state index in [1.54, 1.807) is 72.8 Å². The van der Waals surface area contributed by atoms with Gasteiger partial charge in [0.15, 0.2) is 0 Å². The molecule has 0 aliphatic carbocycles. The molecule has 220 valence electrons. The molecule has 9 nitrogen and oxygen atoms in total. The Hall–Kier alpha value is -3.51. The van der Waals surface area contributed by atoms with E-state index in [0.717, 1.165) is 4.90 Å². The van der Waals surface area contributed by atoms with Crippen LogP contribution in [0.25, 0.3) is 0 Å². The van der Waals surface area contributed by atoms with Crippen LogP contribution in [-0.4, -0.2) is 55.5 Å².